The summed E-state index contributed by atoms with van der Waals surface area (Å²) in [6.07, 6.45) is 1.26. The topological polar surface area (TPSA) is 59.1 Å². The summed E-state index contributed by atoms with van der Waals surface area (Å²) in [6, 6.07) is 0. The van der Waals surface area contributed by atoms with Crippen LogP contribution in [0.3, 0.4) is 0 Å². The Kier molecular flexibility index (Phi) is 3.80. The van der Waals surface area contributed by atoms with Gasteiger partial charge in [0.25, 0.3) is 0 Å². The number of aryl methyl sites for hydroxylation is 1. The van der Waals surface area contributed by atoms with Crippen molar-refractivity contribution >= 4 is 11.5 Å². The Hall–Kier alpha value is -1.23. The van der Waals surface area contributed by atoms with Crippen molar-refractivity contribution in [3.05, 3.63) is 5.69 Å². The SMILES string of the molecule is CC(C)c1nn(C)c(NCC2CCN(C)C2)c1N. The van der Waals surface area contributed by atoms with Crippen LogP contribution in [0, 0.1) is 5.92 Å². The number of nitrogen functional groups attached to an aromatic ring is 1. The van der Waals surface area contributed by atoms with Gasteiger partial charge in [0, 0.05) is 20.1 Å². The molecular weight excluding hydrogens is 226 g/mol. The van der Waals surface area contributed by atoms with Crippen molar-refractivity contribution in [2.75, 3.05) is 37.7 Å². The van der Waals surface area contributed by atoms with Gasteiger partial charge in [-0.3, -0.25) is 4.68 Å². The van der Waals surface area contributed by atoms with Crippen LogP contribution in [0.4, 0.5) is 11.5 Å². The standard InChI is InChI=1S/C13H25N5/c1-9(2)12-11(14)13(18(4)16-12)15-7-10-5-6-17(3)8-10/h9-10,15H,5-8,14H2,1-4H3. The first-order chi connectivity index (χ1) is 8.49. The molecule has 1 unspecified atom stereocenters. The lowest BCUT2D eigenvalue weighted by Gasteiger charge is -2.13. The lowest BCUT2D eigenvalue weighted by Crippen LogP contribution is -2.20. The molecule has 1 aromatic heterocycles. The van der Waals surface area contributed by atoms with Gasteiger partial charge in [-0.15, -0.1) is 0 Å². The maximum Gasteiger partial charge on any atom is 0.147 e. The fraction of sp³-hybridized carbons (Fsp3) is 0.769. The van der Waals surface area contributed by atoms with Crippen LogP contribution in [-0.4, -0.2) is 41.4 Å². The molecule has 2 heterocycles. The molecule has 2 rings (SSSR count). The minimum Gasteiger partial charge on any atom is -0.394 e. The van der Waals surface area contributed by atoms with Crippen LogP contribution >= 0.6 is 0 Å². The third-order valence-electron chi connectivity index (χ3n) is 3.71. The van der Waals surface area contributed by atoms with Crippen LogP contribution in [0.15, 0.2) is 0 Å². The maximum atomic E-state index is 6.16. The van der Waals surface area contributed by atoms with E-state index in [2.05, 4.69) is 36.2 Å². The van der Waals surface area contributed by atoms with E-state index in [1.54, 1.807) is 0 Å². The molecule has 0 bridgehead atoms. The number of anilines is 2. The zero-order valence-corrected chi connectivity index (χ0v) is 11.9. The minimum absolute atomic E-state index is 0.365. The highest BCUT2D eigenvalue weighted by Gasteiger charge is 2.21. The van der Waals surface area contributed by atoms with Gasteiger partial charge in [-0.25, -0.2) is 0 Å². The second-order valence-electron chi connectivity index (χ2n) is 5.72. The molecule has 102 valence electrons. The summed E-state index contributed by atoms with van der Waals surface area (Å²) >= 11 is 0. The van der Waals surface area contributed by atoms with Crippen molar-refractivity contribution in [1.82, 2.24) is 14.7 Å². The molecule has 3 N–H and O–H groups in total. The number of nitrogens with one attached hydrogen (secondary N) is 1. The van der Waals surface area contributed by atoms with E-state index in [1.165, 1.54) is 19.5 Å². The molecule has 1 aliphatic rings. The first-order valence-corrected chi connectivity index (χ1v) is 6.73. The molecule has 5 nitrogen and oxygen atoms in total. The molecule has 0 aromatic carbocycles. The number of nitrogens with two attached hydrogens (primary N) is 1. The van der Waals surface area contributed by atoms with Crippen molar-refractivity contribution in [1.29, 1.82) is 0 Å². The van der Waals surface area contributed by atoms with Gasteiger partial charge in [0.1, 0.15) is 5.82 Å². The van der Waals surface area contributed by atoms with Crippen LogP contribution in [0.1, 0.15) is 31.9 Å². The van der Waals surface area contributed by atoms with Crippen LogP contribution in [0.25, 0.3) is 0 Å². The normalized spacial score (nSPS) is 20.8. The molecule has 1 fully saturated rings. The summed E-state index contributed by atoms with van der Waals surface area (Å²) in [7, 11) is 4.13. The predicted octanol–water partition coefficient (Wildman–Crippen LogP) is 1.49. The average molecular weight is 251 g/mol. The Balaban J connectivity index is 2.01. The molecule has 0 aliphatic carbocycles. The van der Waals surface area contributed by atoms with Gasteiger partial charge in [0.2, 0.25) is 0 Å². The molecule has 1 saturated heterocycles. The Morgan fingerprint density at radius 3 is 2.67 bits per heavy atom. The fourth-order valence-electron chi connectivity index (χ4n) is 2.63. The zero-order valence-electron chi connectivity index (χ0n) is 11.9. The van der Waals surface area contributed by atoms with Gasteiger partial charge in [0.05, 0.1) is 11.4 Å². The first-order valence-electron chi connectivity index (χ1n) is 6.73. The number of hydrogen-bond donors (Lipinski definition) is 2. The van der Waals surface area contributed by atoms with Crippen molar-refractivity contribution in [2.45, 2.75) is 26.2 Å². The summed E-state index contributed by atoms with van der Waals surface area (Å²) in [6.45, 7) is 7.58. The summed E-state index contributed by atoms with van der Waals surface area (Å²) in [5.41, 5.74) is 7.95. The second kappa shape index (κ2) is 5.18. The Morgan fingerprint density at radius 1 is 1.44 bits per heavy atom. The molecule has 0 spiro atoms. The zero-order chi connectivity index (χ0) is 13.3. The van der Waals surface area contributed by atoms with E-state index in [0.717, 1.165) is 23.7 Å². The molecule has 5 heteroatoms. The highest BCUT2D eigenvalue weighted by atomic mass is 15.3. The number of likely N-dealkylation sites (tertiary alicyclic amines) is 1. The highest BCUT2D eigenvalue weighted by molar-refractivity contribution is 5.65. The van der Waals surface area contributed by atoms with E-state index >= 15 is 0 Å². The monoisotopic (exact) mass is 251 g/mol. The molecule has 18 heavy (non-hydrogen) atoms. The van der Waals surface area contributed by atoms with Crippen LogP contribution in [0.5, 0.6) is 0 Å². The van der Waals surface area contributed by atoms with Crippen molar-refractivity contribution in [3.63, 3.8) is 0 Å². The van der Waals surface area contributed by atoms with Crippen LogP contribution in [0.2, 0.25) is 0 Å². The van der Waals surface area contributed by atoms with Gasteiger partial charge in [-0.05, 0) is 31.8 Å². The van der Waals surface area contributed by atoms with Gasteiger partial charge in [-0.2, -0.15) is 5.10 Å². The Bertz CT molecular complexity index is 410. The smallest absolute Gasteiger partial charge is 0.147 e. The van der Waals surface area contributed by atoms with E-state index in [0.29, 0.717) is 11.8 Å². The largest absolute Gasteiger partial charge is 0.394 e. The third-order valence-corrected chi connectivity index (χ3v) is 3.71. The molecular formula is C13H25N5. The first kappa shape index (κ1) is 13.2. The molecule has 1 aliphatic heterocycles. The number of nitrogens with zero attached hydrogens (tertiary/aromatic N) is 3. The second-order valence-corrected chi connectivity index (χ2v) is 5.72. The lowest BCUT2D eigenvalue weighted by atomic mass is 10.1. The Labute approximate surface area is 109 Å². The summed E-state index contributed by atoms with van der Waals surface area (Å²) in [5, 5.41) is 7.96. The minimum atomic E-state index is 0.365. The molecule has 1 atom stereocenters. The van der Waals surface area contributed by atoms with Crippen LogP contribution < -0.4 is 11.1 Å². The van der Waals surface area contributed by atoms with Crippen molar-refractivity contribution in [3.8, 4) is 0 Å². The number of rotatable bonds is 4. The Morgan fingerprint density at radius 2 is 2.17 bits per heavy atom. The van der Waals surface area contributed by atoms with Gasteiger partial charge in [-0.1, -0.05) is 13.8 Å². The summed E-state index contributed by atoms with van der Waals surface area (Å²) < 4.78 is 1.86. The van der Waals surface area contributed by atoms with Gasteiger partial charge in [0.15, 0.2) is 0 Å². The summed E-state index contributed by atoms with van der Waals surface area (Å²) in [4.78, 5) is 2.37. The van der Waals surface area contributed by atoms with Gasteiger partial charge < -0.3 is 16.0 Å². The van der Waals surface area contributed by atoms with Crippen LogP contribution in [-0.2, 0) is 7.05 Å². The van der Waals surface area contributed by atoms with E-state index < -0.39 is 0 Å². The van der Waals surface area contributed by atoms with Crippen molar-refractivity contribution < 1.29 is 0 Å². The van der Waals surface area contributed by atoms with Crippen molar-refractivity contribution in [2.24, 2.45) is 13.0 Å². The van der Waals surface area contributed by atoms with E-state index in [9.17, 15) is 0 Å². The molecule has 0 amide bonds. The van der Waals surface area contributed by atoms with E-state index in [4.69, 9.17) is 5.73 Å². The third kappa shape index (κ3) is 2.61. The maximum absolute atomic E-state index is 6.16. The number of aromatic nitrogens is 2. The summed E-state index contributed by atoms with van der Waals surface area (Å²) in [5.74, 6) is 2.05. The lowest BCUT2D eigenvalue weighted by molar-refractivity contribution is 0.399. The fourth-order valence-corrected chi connectivity index (χ4v) is 2.63. The quantitative estimate of drug-likeness (QED) is 0.851. The number of hydrogen-bond acceptors (Lipinski definition) is 4. The molecule has 1 aromatic rings. The predicted molar refractivity (Wildman–Crippen MR) is 75.8 cm³/mol. The van der Waals surface area contributed by atoms with Gasteiger partial charge >= 0.3 is 0 Å². The van der Waals surface area contributed by atoms with E-state index in [1.807, 2.05) is 11.7 Å². The van der Waals surface area contributed by atoms with E-state index in [-0.39, 0.29) is 0 Å². The molecule has 0 saturated carbocycles. The average Bonchev–Trinajstić information content (AvgIpc) is 2.82. The molecule has 0 radical (unpaired) electrons. The highest BCUT2D eigenvalue weighted by Crippen LogP contribution is 2.28.